The maximum Gasteiger partial charge on any atom is 0.277 e. The van der Waals surface area contributed by atoms with E-state index in [1.165, 1.54) is 0 Å². The van der Waals surface area contributed by atoms with E-state index < -0.39 is 0 Å². The number of amides is 1. The molecule has 4 heterocycles. The maximum atomic E-state index is 12.2. The summed E-state index contributed by atoms with van der Waals surface area (Å²) in [6.07, 6.45) is 3.40. The molecule has 9 nitrogen and oxygen atoms in total. The highest BCUT2D eigenvalue weighted by molar-refractivity contribution is 6.02. The number of carbonyl (C=O) groups is 1. The smallest absolute Gasteiger partial charge is 0.277 e. The highest BCUT2D eigenvalue weighted by atomic mass is 16.5. The van der Waals surface area contributed by atoms with Gasteiger partial charge in [0.1, 0.15) is 5.76 Å². The fourth-order valence-corrected chi connectivity index (χ4v) is 3.02. The number of aryl methyl sites for hydroxylation is 1. The lowest BCUT2D eigenvalue weighted by atomic mass is 10.1. The van der Waals surface area contributed by atoms with E-state index in [2.05, 4.69) is 30.8 Å². The molecule has 0 spiro atoms. The summed E-state index contributed by atoms with van der Waals surface area (Å²) in [5.41, 5.74) is 4.05. The van der Waals surface area contributed by atoms with E-state index >= 15 is 0 Å². The second kappa shape index (κ2) is 7.21. The molecule has 1 aromatic carbocycles. The van der Waals surface area contributed by atoms with Gasteiger partial charge < -0.3 is 9.84 Å². The van der Waals surface area contributed by atoms with E-state index in [0.717, 1.165) is 16.8 Å². The topological polar surface area (TPSA) is 111 Å². The van der Waals surface area contributed by atoms with Gasteiger partial charge >= 0.3 is 0 Å². The van der Waals surface area contributed by atoms with Gasteiger partial charge in [-0.25, -0.2) is 0 Å². The average Bonchev–Trinajstić information content (AvgIpc) is 3.41. The Morgan fingerprint density at radius 2 is 1.77 bits per heavy atom. The van der Waals surface area contributed by atoms with Crippen molar-refractivity contribution in [2.24, 2.45) is 0 Å². The fraction of sp³-hybridized carbons (Fsp3) is 0.0476. The SMILES string of the molecule is Cc1cc(C(=O)Nc2ccc(-c3ccc4nnc(-c5ccncc5)n4n3)cc2)no1. The van der Waals surface area contributed by atoms with Gasteiger partial charge in [0.25, 0.3) is 5.91 Å². The molecule has 1 amide bonds. The first kappa shape index (κ1) is 17.7. The van der Waals surface area contributed by atoms with Gasteiger partial charge in [-0.2, -0.15) is 9.61 Å². The Bertz CT molecular complexity index is 1340. The summed E-state index contributed by atoms with van der Waals surface area (Å²) in [5.74, 6) is 0.892. The minimum absolute atomic E-state index is 0.236. The summed E-state index contributed by atoms with van der Waals surface area (Å²) in [7, 11) is 0. The highest BCUT2D eigenvalue weighted by Gasteiger charge is 2.13. The third-order valence-electron chi connectivity index (χ3n) is 4.50. The molecule has 0 saturated heterocycles. The molecule has 0 unspecified atom stereocenters. The summed E-state index contributed by atoms with van der Waals surface area (Å²) in [6.45, 7) is 1.73. The quantitative estimate of drug-likeness (QED) is 0.495. The second-order valence-electron chi connectivity index (χ2n) is 6.60. The summed E-state index contributed by atoms with van der Waals surface area (Å²) in [6, 6.07) is 16.4. The van der Waals surface area contributed by atoms with Crippen LogP contribution in [0.1, 0.15) is 16.2 Å². The summed E-state index contributed by atoms with van der Waals surface area (Å²) in [5, 5.41) is 19.6. The standard InChI is InChI=1S/C21H15N7O2/c1-13-12-18(27-30-13)21(29)23-16-4-2-14(3-5-16)17-6-7-19-24-25-20(28(19)26-17)15-8-10-22-11-9-15/h2-12H,1H3,(H,23,29). The first-order valence-corrected chi connectivity index (χ1v) is 9.15. The molecular formula is C21H15N7O2. The molecule has 30 heavy (non-hydrogen) atoms. The zero-order valence-corrected chi connectivity index (χ0v) is 15.9. The van der Waals surface area contributed by atoms with Crippen LogP contribution in [0.15, 0.2) is 71.5 Å². The number of hydrogen-bond acceptors (Lipinski definition) is 7. The summed E-state index contributed by atoms with van der Waals surface area (Å²) >= 11 is 0. The fourth-order valence-electron chi connectivity index (χ4n) is 3.02. The third kappa shape index (κ3) is 3.28. The normalized spacial score (nSPS) is 11.0. The third-order valence-corrected chi connectivity index (χ3v) is 4.50. The van der Waals surface area contributed by atoms with Gasteiger partial charge in [-0.05, 0) is 43.3 Å². The highest BCUT2D eigenvalue weighted by Crippen LogP contribution is 2.22. The van der Waals surface area contributed by atoms with E-state index in [-0.39, 0.29) is 11.6 Å². The van der Waals surface area contributed by atoms with E-state index in [1.807, 2.05) is 48.5 Å². The predicted molar refractivity (Wildman–Crippen MR) is 109 cm³/mol. The van der Waals surface area contributed by atoms with Crippen molar-refractivity contribution in [1.29, 1.82) is 0 Å². The molecule has 0 aliphatic heterocycles. The Morgan fingerprint density at radius 1 is 0.967 bits per heavy atom. The molecule has 9 heteroatoms. The van der Waals surface area contributed by atoms with Gasteiger partial charge in [-0.1, -0.05) is 17.3 Å². The Kier molecular flexibility index (Phi) is 4.25. The van der Waals surface area contributed by atoms with Crippen LogP contribution in [-0.4, -0.2) is 35.9 Å². The zero-order chi connectivity index (χ0) is 20.5. The van der Waals surface area contributed by atoms with Crippen molar-refractivity contribution in [1.82, 2.24) is 30.0 Å². The predicted octanol–water partition coefficient (Wildman–Crippen LogP) is 3.40. The lowest BCUT2D eigenvalue weighted by molar-refractivity contribution is 0.101. The molecule has 5 rings (SSSR count). The number of aromatic nitrogens is 6. The van der Waals surface area contributed by atoms with Crippen LogP contribution in [-0.2, 0) is 0 Å². The summed E-state index contributed by atoms with van der Waals surface area (Å²) in [4.78, 5) is 16.2. The van der Waals surface area contributed by atoms with Crippen molar-refractivity contribution in [3.8, 4) is 22.6 Å². The van der Waals surface area contributed by atoms with E-state index in [1.54, 1.807) is 29.9 Å². The van der Waals surface area contributed by atoms with Crippen LogP contribution in [0.2, 0.25) is 0 Å². The molecule has 0 atom stereocenters. The largest absolute Gasteiger partial charge is 0.361 e. The number of benzene rings is 1. The van der Waals surface area contributed by atoms with Crippen molar-refractivity contribution < 1.29 is 9.32 Å². The van der Waals surface area contributed by atoms with Gasteiger partial charge in [0, 0.05) is 35.3 Å². The van der Waals surface area contributed by atoms with Crippen LogP contribution >= 0.6 is 0 Å². The van der Waals surface area contributed by atoms with E-state index in [0.29, 0.717) is 22.9 Å². The van der Waals surface area contributed by atoms with Gasteiger partial charge in [0.05, 0.1) is 5.69 Å². The minimum atomic E-state index is -0.328. The molecule has 0 fully saturated rings. The number of hydrogen-bond donors (Lipinski definition) is 1. The summed E-state index contributed by atoms with van der Waals surface area (Å²) < 4.78 is 6.64. The van der Waals surface area contributed by atoms with Crippen LogP contribution in [0.5, 0.6) is 0 Å². The van der Waals surface area contributed by atoms with Crippen LogP contribution in [0.4, 0.5) is 5.69 Å². The molecule has 0 aliphatic rings. The molecule has 5 aromatic rings. The Balaban J connectivity index is 1.42. The molecular weight excluding hydrogens is 382 g/mol. The molecule has 1 N–H and O–H groups in total. The van der Waals surface area contributed by atoms with Crippen LogP contribution in [0.25, 0.3) is 28.3 Å². The van der Waals surface area contributed by atoms with Crippen molar-refractivity contribution in [3.63, 3.8) is 0 Å². The average molecular weight is 397 g/mol. The van der Waals surface area contributed by atoms with Crippen molar-refractivity contribution in [3.05, 3.63) is 78.4 Å². The van der Waals surface area contributed by atoms with Gasteiger partial charge in [-0.3, -0.25) is 9.78 Å². The molecule has 4 aromatic heterocycles. The second-order valence-corrected chi connectivity index (χ2v) is 6.60. The van der Waals surface area contributed by atoms with Gasteiger partial charge in [0.15, 0.2) is 17.2 Å². The molecule has 0 aliphatic carbocycles. The lowest BCUT2D eigenvalue weighted by Crippen LogP contribution is -2.12. The lowest BCUT2D eigenvalue weighted by Gasteiger charge is -2.06. The van der Waals surface area contributed by atoms with E-state index in [9.17, 15) is 4.79 Å². The Hall–Kier alpha value is -4.40. The maximum absolute atomic E-state index is 12.2. The number of anilines is 1. The molecule has 0 radical (unpaired) electrons. The molecule has 0 bridgehead atoms. The molecule has 146 valence electrons. The van der Waals surface area contributed by atoms with Crippen LogP contribution in [0, 0.1) is 6.92 Å². The van der Waals surface area contributed by atoms with E-state index in [4.69, 9.17) is 4.52 Å². The number of fused-ring (bicyclic) bond motifs is 1. The Labute approximate surface area is 170 Å². The monoisotopic (exact) mass is 397 g/mol. The first-order chi connectivity index (χ1) is 14.7. The number of nitrogens with one attached hydrogen (secondary N) is 1. The minimum Gasteiger partial charge on any atom is -0.361 e. The number of nitrogens with zero attached hydrogens (tertiary/aromatic N) is 6. The first-order valence-electron chi connectivity index (χ1n) is 9.15. The number of rotatable bonds is 4. The van der Waals surface area contributed by atoms with Gasteiger partial charge in [0.2, 0.25) is 0 Å². The van der Waals surface area contributed by atoms with Crippen LogP contribution < -0.4 is 5.32 Å². The number of carbonyl (C=O) groups excluding carboxylic acids is 1. The Morgan fingerprint density at radius 3 is 2.50 bits per heavy atom. The zero-order valence-electron chi connectivity index (χ0n) is 15.9. The van der Waals surface area contributed by atoms with Crippen molar-refractivity contribution >= 4 is 17.2 Å². The van der Waals surface area contributed by atoms with Crippen molar-refractivity contribution in [2.45, 2.75) is 6.92 Å². The van der Waals surface area contributed by atoms with Crippen molar-refractivity contribution in [2.75, 3.05) is 5.32 Å². The molecule has 0 saturated carbocycles. The number of pyridine rings is 1. The van der Waals surface area contributed by atoms with Gasteiger partial charge in [-0.15, -0.1) is 10.2 Å². The van der Waals surface area contributed by atoms with Crippen LogP contribution in [0.3, 0.4) is 0 Å².